The number of rotatable bonds is 2. The molecule has 11 heavy (non-hydrogen) atoms. The molecular formula is C7H8ClNO2. The van der Waals surface area contributed by atoms with Gasteiger partial charge >= 0.3 is 6.09 Å². The standard InChI is InChI=1S/C7H8ClNO2/c1-3-7(2,4-5-8)11-6(9)10/h1,4-5H,2H3,(H2,9,10). The molecule has 1 amide bonds. The van der Waals surface area contributed by atoms with Crippen LogP contribution < -0.4 is 5.73 Å². The van der Waals surface area contributed by atoms with Crippen LogP contribution in [0.25, 0.3) is 0 Å². The number of halogens is 1. The maximum Gasteiger partial charge on any atom is 0.406 e. The molecule has 0 fully saturated rings. The summed E-state index contributed by atoms with van der Waals surface area (Å²) in [5.74, 6) is 2.22. The number of hydrogen-bond acceptors (Lipinski definition) is 2. The van der Waals surface area contributed by atoms with Crippen LogP contribution in [0.2, 0.25) is 0 Å². The lowest BCUT2D eigenvalue weighted by Gasteiger charge is -2.17. The van der Waals surface area contributed by atoms with Crippen LogP contribution in [0.3, 0.4) is 0 Å². The Labute approximate surface area is 70.2 Å². The highest BCUT2D eigenvalue weighted by Gasteiger charge is 2.20. The van der Waals surface area contributed by atoms with Gasteiger partial charge in [-0.2, -0.15) is 0 Å². The van der Waals surface area contributed by atoms with E-state index in [4.69, 9.17) is 23.8 Å². The van der Waals surface area contributed by atoms with Crippen LogP contribution in [-0.4, -0.2) is 11.7 Å². The smallest absolute Gasteiger partial charge is 0.406 e. The molecule has 0 saturated heterocycles. The number of nitrogens with two attached hydrogens (primary N) is 1. The van der Waals surface area contributed by atoms with Crippen molar-refractivity contribution in [1.82, 2.24) is 0 Å². The van der Waals surface area contributed by atoms with E-state index in [0.717, 1.165) is 0 Å². The summed E-state index contributed by atoms with van der Waals surface area (Å²) in [6, 6.07) is 0. The average molecular weight is 174 g/mol. The lowest BCUT2D eigenvalue weighted by Crippen LogP contribution is -2.30. The highest BCUT2D eigenvalue weighted by Crippen LogP contribution is 2.10. The zero-order chi connectivity index (χ0) is 8.91. The van der Waals surface area contributed by atoms with E-state index in [1.165, 1.54) is 18.5 Å². The van der Waals surface area contributed by atoms with Crippen molar-refractivity contribution in [2.24, 2.45) is 5.73 Å². The number of primary amides is 1. The highest BCUT2D eigenvalue weighted by atomic mass is 35.5. The van der Waals surface area contributed by atoms with Crippen molar-refractivity contribution in [2.75, 3.05) is 0 Å². The van der Waals surface area contributed by atoms with Gasteiger partial charge in [-0.25, -0.2) is 4.79 Å². The summed E-state index contributed by atoms with van der Waals surface area (Å²) in [5, 5.41) is 0. The van der Waals surface area contributed by atoms with Gasteiger partial charge in [0.05, 0.1) is 0 Å². The molecule has 4 heteroatoms. The minimum Gasteiger partial charge on any atom is -0.426 e. The second kappa shape index (κ2) is 3.89. The van der Waals surface area contributed by atoms with Crippen molar-refractivity contribution in [3.05, 3.63) is 11.6 Å². The van der Waals surface area contributed by atoms with E-state index in [1.807, 2.05) is 0 Å². The number of ether oxygens (including phenoxy) is 1. The number of carbonyl (C=O) groups excluding carboxylic acids is 1. The van der Waals surface area contributed by atoms with Crippen molar-refractivity contribution in [3.63, 3.8) is 0 Å². The van der Waals surface area contributed by atoms with Gasteiger partial charge in [0, 0.05) is 5.54 Å². The Bertz CT molecular complexity index is 219. The Morgan fingerprint density at radius 1 is 1.91 bits per heavy atom. The van der Waals surface area contributed by atoms with E-state index >= 15 is 0 Å². The minimum atomic E-state index is -1.15. The Balaban J connectivity index is 4.37. The second-order valence-electron chi connectivity index (χ2n) is 1.97. The molecule has 0 aromatic carbocycles. The summed E-state index contributed by atoms with van der Waals surface area (Å²) in [7, 11) is 0. The molecule has 1 atom stereocenters. The first kappa shape index (κ1) is 9.86. The van der Waals surface area contributed by atoms with Crippen LogP contribution in [0.1, 0.15) is 6.92 Å². The lowest BCUT2D eigenvalue weighted by atomic mass is 10.1. The average Bonchev–Trinajstić information content (AvgIpc) is 1.87. The van der Waals surface area contributed by atoms with Gasteiger partial charge in [0.25, 0.3) is 0 Å². The van der Waals surface area contributed by atoms with Gasteiger partial charge in [-0.3, -0.25) is 0 Å². The van der Waals surface area contributed by atoms with Gasteiger partial charge in [0.2, 0.25) is 0 Å². The Morgan fingerprint density at radius 2 is 2.45 bits per heavy atom. The van der Waals surface area contributed by atoms with Crippen molar-refractivity contribution >= 4 is 17.7 Å². The summed E-state index contributed by atoms with van der Waals surface area (Å²) in [6.45, 7) is 1.50. The minimum absolute atomic E-state index is 0.930. The first-order valence-electron chi connectivity index (χ1n) is 2.78. The van der Waals surface area contributed by atoms with E-state index in [9.17, 15) is 4.79 Å². The Morgan fingerprint density at radius 3 is 2.73 bits per heavy atom. The van der Waals surface area contributed by atoms with E-state index in [2.05, 4.69) is 10.7 Å². The van der Waals surface area contributed by atoms with E-state index in [1.54, 1.807) is 0 Å². The van der Waals surface area contributed by atoms with Crippen LogP contribution in [0.4, 0.5) is 4.79 Å². The zero-order valence-corrected chi connectivity index (χ0v) is 6.76. The molecular weight excluding hydrogens is 166 g/mol. The second-order valence-corrected chi connectivity index (χ2v) is 2.22. The van der Waals surface area contributed by atoms with E-state index < -0.39 is 11.7 Å². The molecule has 0 aliphatic carbocycles. The number of carbonyl (C=O) groups is 1. The molecule has 0 heterocycles. The van der Waals surface area contributed by atoms with Crippen LogP contribution in [-0.2, 0) is 4.74 Å². The monoisotopic (exact) mass is 173 g/mol. The largest absolute Gasteiger partial charge is 0.426 e. The first-order valence-corrected chi connectivity index (χ1v) is 3.22. The lowest BCUT2D eigenvalue weighted by molar-refractivity contribution is 0.104. The molecule has 0 aliphatic rings. The molecule has 3 nitrogen and oxygen atoms in total. The molecule has 0 bridgehead atoms. The summed E-state index contributed by atoms with van der Waals surface area (Å²) in [4.78, 5) is 10.3. The number of hydrogen-bond donors (Lipinski definition) is 1. The molecule has 0 saturated carbocycles. The van der Waals surface area contributed by atoms with Crippen molar-refractivity contribution in [1.29, 1.82) is 0 Å². The maximum atomic E-state index is 10.3. The van der Waals surface area contributed by atoms with Gasteiger partial charge in [-0.15, -0.1) is 6.42 Å². The van der Waals surface area contributed by atoms with Crippen LogP contribution in [0.5, 0.6) is 0 Å². The third-order valence-electron chi connectivity index (χ3n) is 0.980. The summed E-state index contributed by atoms with van der Waals surface area (Å²) < 4.78 is 4.56. The number of amides is 1. The molecule has 0 rings (SSSR count). The molecule has 0 aromatic heterocycles. The molecule has 0 radical (unpaired) electrons. The van der Waals surface area contributed by atoms with Gasteiger partial charge in [-0.1, -0.05) is 17.5 Å². The highest BCUT2D eigenvalue weighted by molar-refractivity contribution is 6.25. The van der Waals surface area contributed by atoms with Crippen LogP contribution in [0.15, 0.2) is 11.6 Å². The third-order valence-corrected chi connectivity index (χ3v) is 1.11. The quantitative estimate of drug-likeness (QED) is 0.639. The summed E-state index contributed by atoms with van der Waals surface area (Å²) >= 11 is 5.24. The predicted octanol–water partition coefficient (Wildman–Crippen LogP) is 1.23. The van der Waals surface area contributed by atoms with E-state index in [0.29, 0.717) is 0 Å². The summed E-state index contributed by atoms with van der Waals surface area (Å²) in [6.07, 6.45) is 5.46. The Hall–Kier alpha value is -1.14. The molecule has 2 N–H and O–H groups in total. The fourth-order valence-corrected chi connectivity index (χ4v) is 0.681. The fraction of sp³-hybridized carbons (Fsp3) is 0.286. The van der Waals surface area contributed by atoms with Crippen molar-refractivity contribution in [3.8, 4) is 12.3 Å². The Kier molecular flexibility index (Phi) is 3.49. The van der Waals surface area contributed by atoms with Crippen molar-refractivity contribution < 1.29 is 9.53 Å². The number of terminal acetylenes is 1. The summed E-state index contributed by atoms with van der Waals surface area (Å²) in [5.41, 5.74) is 4.77. The fourth-order valence-electron chi connectivity index (χ4n) is 0.441. The topological polar surface area (TPSA) is 52.3 Å². The van der Waals surface area contributed by atoms with Gasteiger partial charge < -0.3 is 10.5 Å². The predicted molar refractivity (Wildman–Crippen MR) is 42.9 cm³/mol. The van der Waals surface area contributed by atoms with Gasteiger partial charge in [0.15, 0.2) is 5.60 Å². The normalized spacial score (nSPS) is 15.4. The van der Waals surface area contributed by atoms with Crippen LogP contribution >= 0.6 is 11.6 Å². The third kappa shape index (κ3) is 3.54. The maximum absolute atomic E-state index is 10.3. The van der Waals surface area contributed by atoms with E-state index in [-0.39, 0.29) is 0 Å². The van der Waals surface area contributed by atoms with Gasteiger partial charge in [0.1, 0.15) is 0 Å². The van der Waals surface area contributed by atoms with Crippen molar-refractivity contribution in [2.45, 2.75) is 12.5 Å². The van der Waals surface area contributed by atoms with Gasteiger partial charge in [-0.05, 0) is 13.0 Å². The zero-order valence-electron chi connectivity index (χ0n) is 6.00. The SMILES string of the molecule is C#CC(C)(C=CCl)OC(N)=O. The molecule has 0 aromatic rings. The molecule has 0 aliphatic heterocycles. The first-order chi connectivity index (χ1) is 5.04. The molecule has 0 spiro atoms. The molecule has 1 unspecified atom stereocenters. The van der Waals surface area contributed by atoms with Crippen LogP contribution in [0, 0.1) is 12.3 Å². The molecule has 60 valence electrons.